The minimum atomic E-state index is -5.40. The normalized spacial score (nSPS) is 23.0. The van der Waals surface area contributed by atoms with E-state index >= 15 is 0 Å². The zero-order valence-electron chi connectivity index (χ0n) is 16.5. The summed E-state index contributed by atoms with van der Waals surface area (Å²) in [5.74, 6) is -3.91. The Morgan fingerprint density at radius 1 is 1.03 bits per heavy atom. The van der Waals surface area contributed by atoms with Crippen LogP contribution in [0.3, 0.4) is 0 Å². The van der Waals surface area contributed by atoms with E-state index in [2.05, 4.69) is 5.32 Å². The van der Waals surface area contributed by atoms with Crippen LogP contribution in [0.2, 0.25) is 5.02 Å². The van der Waals surface area contributed by atoms with Crippen molar-refractivity contribution in [3.8, 4) is 11.3 Å². The molecule has 6 nitrogen and oxygen atoms in total. The van der Waals surface area contributed by atoms with Gasteiger partial charge >= 0.3 is 12.2 Å². The predicted molar refractivity (Wildman–Crippen MR) is 109 cm³/mol. The molecule has 0 unspecified atom stereocenters. The number of benzene rings is 2. The molecule has 0 radical (unpaired) electrons. The largest absolute Gasteiger partial charge is 0.459 e. The van der Waals surface area contributed by atoms with Gasteiger partial charge in [0.15, 0.2) is 5.78 Å². The number of hydrogen-bond donors (Lipinski definition) is 3. The second-order valence-corrected chi connectivity index (χ2v) is 7.83. The monoisotopic (exact) mass is 482 g/mol. The van der Waals surface area contributed by atoms with Crippen molar-refractivity contribution in [2.24, 2.45) is 5.92 Å². The topological polar surface area (TPSA) is 91.6 Å². The lowest BCUT2D eigenvalue weighted by Gasteiger charge is -2.44. The van der Waals surface area contributed by atoms with Gasteiger partial charge in [0.1, 0.15) is 29.3 Å². The van der Waals surface area contributed by atoms with Crippen LogP contribution in [-0.4, -0.2) is 28.8 Å². The molecule has 1 fully saturated rings. The fraction of sp³-hybridized carbons (Fsp3) is 0.182. The fourth-order valence-corrected chi connectivity index (χ4v) is 3.79. The summed E-state index contributed by atoms with van der Waals surface area (Å²) >= 11 is 5.80. The molecular weight excluding hydrogens is 468 g/mol. The molecule has 2 aromatic carbocycles. The van der Waals surface area contributed by atoms with Crippen molar-refractivity contribution in [3.63, 3.8) is 0 Å². The summed E-state index contributed by atoms with van der Waals surface area (Å²) in [4.78, 5) is 25.3. The van der Waals surface area contributed by atoms with E-state index in [1.807, 2.05) is 0 Å². The minimum absolute atomic E-state index is 0.158. The number of carbonyl (C=O) groups excluding carboxylic acids is 2. The Morgan fingerprint density at radius 3 is 2.27 bits per heavy atom. The van der Waals surface area contributed by atoms with Crippen molar-refractivity contribution in [1.82, 2.24) is 10.6 Å². The molecule has 1 saturated heterocycles. The molecule has 1 aliphatic rings. The van der Waals surface area contributed by atoms with Crippen molar-refractivity contribution in [2.75, 3.05) is 0 Å². The van der Waals surface area contributed by atoms with Gasteiger partial charge in [-0.15, -0.1) is 0 Å². The molecular formula is C22H15ClF4N2O4. The van der Waals surface area contributed by atoms with Gasteiger partial charge in [-0.25, -0.2) is 9.18 Å². The van der Waals surface area contributed by atoms with Crippen molar-refractivity contribution in [1.29, 1.82) is 0 Å². The van der Waals surface area contributed by atoms with Crippen LogP contribution in [0.5, 0.6) is 0 Å². The van der Waals surface area contributed by atoms with Gasteiger partial charge in [-0.3, -0.25) is 4.79 Å². The lowest BCUT2D eigenvalue weighted by atomic mass is 9.79. The first-order chi connectivity index (χ1) is 15.5. The Labute approximate surface area is 189 Å². The van der Waals surface area contributed by atoms with Crippen molar-refractivity contribution in [3.05, 3.63) is 82.8 Å². The van der Waals surface area contributed by atoms with Crippen LogP contribution in [0.1, 0.15) is 22.2 Å². The molecule has 4 rings (SSSR count). The highest BCUT2D eigenvalue weighted by Crippen LogP contribution is 2.44. The molecule has 0 spiro atoms. The fourth-order valence-electron chi connectivity index (χ4n) is 3.66. The van der Waals surface area contributed by atoms with Gasteiger partial charge in [0, 0.05) is 16.1 Å². The van der Waals surface area contributed by atoms with Crippen LogP contribution in [0, 0.1) is 11.7 Å². The third kappa shape index (κ3) is 4.19. The highest BCUT2D eigenvalue weighted by atomic mass is 35.5. The van der Waals surface area contributed by atoms with E-state index in [1.54, 1.807) is 0 Å². The third-order valence-electron chi connectivity index (χ3n) is 5.28. The Kier molecular flexibility index (Phi) is 5.67. The van der Waals surface area contributed by atoms with Crippen molar-refractivity contribution in [2.45, 2.75) is 17.9 Å². The second kappa shape index (κ2) is 8.20. The number of Topliss-reactive ketones (excluding diaryl/α,β-unsaturated/α-hetero) is 1. The summed E-state index contributed by atoms with van der Waals surface area (Å²) in [6.45, 7) is 0. The average Bonchev–Trinajstić information content (AvgIpc) is 3.23. The van der Waals surface area contributed by atoms with E-state index < -0.39 is 41.5 Å². The van der Waals surface area contributed by atoms with E-state index in [0.717, 1.165) is 0 Å². The molecule has 33 heavy (non-hydrogen) atoms. The van der Waals surface area contributed by atoms with Gasteiger partial charge in [0.2, 0.25) is 5.72 Å². The lowest BCUT2D eigenvalue weighted by molar-refractivity contribution is -0.288. The number of furan rings is 1. The molecule has 1 aliphatic heterocycles. The lowest BCUT2D eigenvalue weighted by Crippen LogP contribution is -2.72. The summed E-state index contributed by atoms with van der Waals surface area (Å²) in [6, 6.07) is 9.79. The molecule has 3 atom stereocenters. The van der Waals surface area contributed by atoms with Gasteiger partial charge < -0.3 is 20.2 Å². The Morgan fingerprint density at radius 2 is 1.67 bits per heavy atom. The number of halogens is 5. The number of nitrogens with one attached hydrogen (secondary N) is 2. The average molecular weight is 483 g/mol. The molecule has 3 aromatic rings. The summed E-state index contributed by atoms with van der Waals surface area (Å²) < 4.78 is 60.7. The number of carbonyl (C=O) groups is 2. The van der Waals surface area contributed by atoms with Crippen molar-refractivity contribution >= 4 is 23.4 Å². The van der Waals surface area contributed by atoms with E-state index in [0.29, 0.717) is 5.56 Å². The standard InChI is InChI=1S/C22H15ClF4N2O4/c23-13-5-1-12(2-6-13)19(30)17-18(28-20(31)29-21(17,32)22(25,26)27)16-10-9-15(33-16)11-3-7-14(24)8-4-11/h1-10,17-18,32H,(H2,28,29,31)/t17-,18+,21+/m0/s1. The predicted octanol–water partition coefficient (Wildman–Crippen LogP) is 4.84. The highest BCUT2D eigenvalue weighted by molar-refractivity contribution is 6.30. The molecule has 172 valence electrons. The van der Waals surface area contributed by atoms with Crippen LogP contribution in [0.15, 0.2) is 65.1 Å². The van der Waals surface area contributed by atoms with Gasteiger partial charge in [-0.1, -0.05) is 11.6 Å². The van der Waals surface area contributed by atoms with Crippen LogP contribution >= 0.6 is 11.6 Å². The number of hydrogen-bond acceptors (Lipinski definition) is 4. The SMILES string of the molecule is O=C1N[C@H](c2ccc(-c3ccc(F)cc3)o2)[C@@H](C(=O)c2ccc(Cl)cc2)[C@@](O)(C(F)(F)F)N1. The molecule has 1 aromatic heterocycles. The third-order valence-corrected chi connectivity index (χ3v) is 5.53. The van der Waals surface area contributed by atoms with E-state index in [4.69, 9.17) is 16.0 Å². The zero-order chi connectivity index (χ0) is 24.0. The molecule has 11 heteroatoms. The van der Waals surface area contributed by atoms with E-state index in [9.17, 15) is 32.3 Å². The first-order valence-electron chi connectivity index (χ1n) is 9.53. The summed E-state index contributed by atoms with van der Waals surface area (Å²) in [5.41, 5.74) is -3.64. The number of alkyl halides is 3. The van der Waals surface area contributed by atoms with Gasteiger partial charge in [-0.05, 0) is 60.7 Å². The number of urea groups is 1. The summed E-state index contributed by atoms with van der Waals surface area (Å²) in [7, 11) is 0. The Balaban J connectivity index is 1.80. The van der Waals surface area contributed by atoms with E-state index in [-0.39, 0.29) is 22.1 Å². The minimum Gasteiger partial charge on any atom is -0.459 e. The smallest absolute Gasteiger partial charge is 0.437 e. The van der Waals surface area contributed by atoms with Crippen LogP contribution in [0.4, 0.5) is 22.4 Å². The van der Waals surface area contributed by atoms with E-state index in [1.165, 1.54) is 66.0 Å². The first-order valence-corrected chi connectivity index (χ1v) is 9.90. The molecule has 3 N–H and O–H groups in total. The maximum atomic E-state index is 14.0. The number of aliphatic hydroxyl groups is 1. The van der Waals surface area contributed by atoms with Crippen LogP contribution < -0.4 is 10.6 Å². The second-order valence-electron chi connectivity index (χ2n) is 7.40. The number of amides is 2. The zero-order valence-corrected chi connectivity index (χ0v) is 17.2. The molecule has 0 saturated carbocycles. The molecule has 2 heterocycles. The highest BCUT2D eigenvalue weighted by Gasteiger charge is 2.66. The molecule has 0 aliphatic carbocycles. The summed E-state index contributed by atoms with van der Waals surface area (Å²) in [6.07, 6.45) is -5.40. The van der Waals surface area contributed by atoms with Gasteiger partial charge in [0.05, 0.1) is 0 Å². The quantitative estimate of drug-likeness (QED) is 0.366. The van der Waals surface area contributed by atoms with Gasteiger partial charge in [-0.2, -0.15) is 13.2 Å². The van der Waals surface area contributed by atoms with Crippen molar-refractivity contribution < 1.29 is 36.7 Å². The maximum absolute atomic E-state index is 14.0. The van der Waals surface area contributed by atoms with Crippen LogP contribution in [-0.2, 0) is 0 Å². The summed E-state index contributed by atoms with van der Waals surface area (Å²) in [5, 5.41) is 14.5. The number of rotatable bonds is 4. The number of ketones is 1. The Hall–Kier alpha value is -3.37. The maximum Gasteiger partial charge on any atom is 0.437 e. The van der Waals surface area contributed by atoms with Crippen LogP contribution in [0.25, 0.3) is 11.3 Å². The molecule has 2 amide bonds. The van der Waals surface area contributed by atoms with Gasteiger partial charge in [0.25, 0.3) is 0 Å². The molecule has 0 bridgehead atoms. The Bertz CT molecular complexity index is 1190. The first kappa shape index (κ1) is 22.8.